The number of hydrogen-bond donors (Lipinski definition) is 0. The highest BCUT2D eigenvalue weighted by Gasteiger charge is 2.31. The lowest BCUT2D eigenvalue weighted by molar-refractivity contribution is 0.0973. The van der Waals surface area contributed by atoms with Crippen LogP contribution in [0.15, 0.2) is 40.8 Å². The van der Waals surface area contributed by atoms with Crippen molar-refractivity contribution in [2.24, 2.45) is 0 Å². The van der Waals surface area contributed by atoms with Crippen molar-refractivity contribution in [1.29, 1.82) is 0 Å². The summed E-state index contributed by atoms with van der Waals surface area (Å²) in [7, 11) is 0. The molecule has 0 saturated heterocycles. The predicted octanol–water partition coefficient (Wildman–Crippen LogP) is 2.88. The maximum atomic E-state index is 13.5. The summed E-state index contributed by atoms with van der Waals surface area (Å²) in [6.07, 6.45) is 4.37. The van der Waals surface area contributed by atoms with E-state index in [9.17, 15) is 14.0 Å². The van der Waals surface area contributed by atoms with Crippen LogP contribution >= 0.6 is 11.3 Å². The van der Waals surface area contributed by atoms with Crippen molar-refractivity contribution in [2.45, 2.75) is 25.8 Å². The zero-order chi connectivity index (χ0) is 16.8. The van der Waals surface area contributed by atoms with Crippen LogP contribution in [0.4, 0.5) is 10.1 Å². The lowest BCUT2D eigenvalue weighted by atomic mass is 9.96. The Balaban J connectivity index is 1.84. The van der Waals surface area contributed by atoms with Crippen molar-refractivity contribution in [3.8, 4) is 0 Å². The first-order valence-corrected chi connectivity index (χ1v) is 8.51. The standard InChI is InChI=1S/C17H14FN3O2S/c1-10-2-3-11-8-12(18)4-5-14(11)21(10)16(23)13-9-19-17-20(15(13)22)6-7-24-17/h4-10H,2-3H2,1H3/t10-/m1/s1. The minimum atomic E-state index is -0.395. The highest BCUT2D eigenvalue weighted by Crippen LogP contribution is 2.32. The second kappa shape index (κ2) is 5.52. The summed E-state index contributed by atoms with van der Waals surface area (Å²) < 4.78 is 14.9. The highest BCUT2D eigenvalue weighted by molar-refractivity contribution is 7.15. The Hall–Kier alpha value is -2.54. The number of nitrogens with zero attached hydrogens (tertiary/aromatic N) is 3. The second-order valence-corrected chi connectivity index (χ2v) is 6.74. The fourth-order valence-corrected chi connectivity index (χ4v) is 3.81. The number of anilines is 1. The number of amides is 1. The molecule has 1 atom stereocenters. The molecular formula is C17H14FN3O2S. The van der Waals surface area contributed by atoms with Gasteiger partial charge in [-0.1, -0.05) is 0 Å². The number of hydrogen-bond acceptors (Lipinski definition) is 4. The third kappa shape index (κ3) is 2.24. The van der Waals surface area contributed by atoms with Crippen LogP contribution in [0.3, 0.4) is 0 Å². The monoisotopic (exact) mass is 343 g/mol. The lowest BCUT2D eigenvalue weighted by Crippen LogP contribution is -2.44. The van der Waals surface area contributed by atoms with Gasteiger partial charge in [-0.05, 0) is 43.5 Å². The summed E-state index contributed by atoms with van der Waals surface area (Å²) in [5, 5.41) is 1.75. The normalized spacial score (nSPS) is 17.1. The first-order chi connectivity index (χ1) is 11.6. The van der Waals surface area contributed by atoms with Crippen LogP contribution < -0.4 is 10.5 Å². The van der Waals surface area contributed by atoms with Gasteiger partial charge in [0.1, 0.15) is 11.4 Å². The van der Waals surface area contributed by atoms with Crippen molar-refractivity contribution in [1.82, 2.24) is 9.38 Å². The van der Waals surface area contributed by atoms with Gasteiger partial charge in [0.2, 0.25) is 0 Å². The molecule has 24 heavy (non-hydrogen) atoms. The molecule has 4 rings (SSSR count). The van der Waals surface area contributed by atoms with E-state index < -0.39 is 5.91 Å². The average Bonchev–Trinajstić information content (AvgIpc) is 3.04. The van der Waals surface area contributed by atoms with Gasteiger partial charge in [0.05, 0.1) is 0 Å². The van der Waals surface area contributed by atoms with Crippen LogP contribution in [0.25, 0.3) is 4.96 Å². The lowest BCUT2D eigenvalue weighted by Gasteiger charge is -2.35. The fraction of sp³-hybridized carbons (Fsp3) is 0.235. The van der Waals surface area contributed by atoms with Crippen molar-refractivity contribution in [2.75, 3.05) is 4.90 Å². The third-order valence-electron chi connectivity index (χ3n) is 4.37. The molecule has 122 valence electrons. The second-order valence-electron chi connectivity index (χ2n) is 5.87. The van der Waals surface area contributed by atoms with E-state index in [4.69, 9.17) is 0 Å². The molecule has 0 aliphatic carbocycles. The van der Waals surface area contributed by atoms with E-state index >= 15 is 0 Å². The number of carbonyl (C=O) groups excluding carboxylic acids is 1. The van der Waals surface area contributed by atoms with E-state index in [1.807, 2.05) is 6.92 Å². The van der Waals surface area contributed by atoms with Gasteiger partial charge in [-0.25, -0.2) is 9.37 Å². The number of fused-ring (bicyclic) bond motifs is 2. The topological polar surface area (TPSA) is 54.7 Å². The number of carbonyl (C=O) groups is 1. The van der Waals surface area contributed by atoms with Gasteiger partial charge in [0.25, 0.3) is 11.5 Å². The van der Waals surface area contributed by atoms with Crippen molar-refractivity contribution in [3.05, 3.63) is 63.3 Å². The molecule has 5 nitrogen and oxygen atoms in total. The molecule has 3 heterocycles. The molecule has 7 heteroatoms. The summed E-state index contributed by atoms with van der Waals surface area (Å²) in [6.45, 7) is 1.93. The molecule has 0 spiro atoms. The molecule has 2 aromatic heterocycles. The van der Waals surface area contributed by atoms with Gasteiger partial charge in [-0.3, -0.25) is 14.0 Å². The van der Waals surface area contributed by atoms with Gasteiger partial charge >= 0.3 is 0 Å². The van der Waals surface area contributed by atoms with Crippen molar-refractivity contribution < 1.29 is 9.18 Å². The van der Waals surface area contributed by atoms with Crippen molar-refractivity contribution >= 4 is 27.9 Å². The Morgan fingerprint density at radius 1 is 1.42 bits per heavy atom. The quantitative estimate of drug-likeness (QED) is 0.683. The van der Waals surface area contributed by atoms with Gasteiger partial charge in [-0.2, -0.15) is 0 Å². The summed E-state index contributed by atoms with van der Waals surface area (Å²) in [5.74, 6) is -0.717. The first-order valence-electron chi connectivity index (χ1n) is 7.63. The summed E-state index contributed by atoms with van der Waals surface area (Å²) in [6, 6.07) is 4.32. The molecule has 0 saturated carbocycles. The minimum absolute atomic E-state index is 0.0231. The van der Waals surface area contributed by atoms with E-state index in [-0.39, 0.29) is 23.0 Å². The number of aromatic nitrogens is 2. The van der Waals surface area contributed by atoms with Crippen LogP contribution in [0.1, 0.15) is 29.3 Å². The molecule has 1 aromatic carbocycles. The molecule has 0 bridgehead atoms. The molecule has 0 fully saturated rings. The van der Waals surface area contributed by atoms with Crippen LogP contribution in [-0.2, 0) is 6.42 Å². The maximum Gasteiger partial charge on any atom is 0.271 e. The average molecular weight is 343 g/mol. The largest absolute Gasteiger partial charge is 0.305 e. The first kappa shape index (κ1) is 15.0. The molecule has 1 aliphatic rings. The number of halogens is 1. The van der Waals surface area contributed by atoms with Crippen LogP contribution in [0.2, 0.25) is 0 Å². The molecular weight excluding hydrogens is 329 g/mol. The van der Waals surface area contributed by atoms with E-state index in [1.54, 1.807) is 22.5 Å². The van der Waals surface area contributed by atoms with E-state index in [0.717, 1.165) is 12.0 Å². The fourth-order valence-electron chi connectivity index (χ4n) is 3.13. The Morgan fingerprint density at radius 2 is 2.25 bits per heavy atom. The Morgan fingerprint density at radius 3 is 3.08 bits per heavy atom. The number of aryl methyl sites for hydroxylation is 1. The Labute approximate surface area is 141 Å². The number of benzene rings is 1. The SMILES string of the molecule is C[C@@H]1CCc2cc(F)ccc2N1C(=O)c1cnc2sccn2c1=O. The van der Waals surface area contributed by atoms with E-state index in [0.29, 0.717) is 17.1 Å². The Bertz CT molecular complexity index is 1010. The summed E-state index contributed by atoms with van der Waals surface area (Å²) in [4.78, 5) is 31.9. The zero-order valence-electron chi connectivity index (χ0n) is 12.9. The Kier molecular flexibility index (Phi) is 3.45. The highest BCUT2D eigenvalue weighted by atomic mass is 32.1. The van der Waals surface area contributed by atoms with Gasteiger partial charge in [0.15, 0.2) is 4.96 Å². The number of rotatable bonds is 1. The smallest absolute Gasteiger partial charge is 0.271 e. The minimum Gasteiger partial charge on any atom is -0.305 e. The zero-order valence-corrected chi connectivity index (χ0v) is 13.7. The van der Waals surface area contributed by atoms with E-state index in [1.165, 1.54) is 34.1 Å². The molecule has 1 amide bonds. The van der Waals surface area contributed by atoms with Gasteiger partial charge in [0, 0.05) is 29.5 Å². The molecule has 0 N–H and O–H groups in total. The van der Waals surface area contributed by atoms with Crippen LogP contribution in [-0.4, -0.2) is 21.3 Å². The van der Waals surface area contributed by atoms with Crippen LogP contribution in [0, 0.1) is 5.82 Å². The third-order valence-corrected chi connectivity index (χ3v) is 5.14. The molecule has 0 radical (unpaired) electrons. The van der Waals surface area contributed by atoms with Crippen molar-refractivity contribution in [3.63, 3.8) is 0 Å². The predicted molar refractivity (Wildman–Crippen MR) is 90.3 cm³/mol. The van der Waals surface area contributed by atoms with Gasteiger partial charge in [-0.15, -0.1) is 11.3 Å². The number of thiazole rings is 1. The molecule has 3 aromatic rings. The van der Waals surface area contributed by atoms with E-state index in [2.05, 4.69) is 4.98 Å². The van der Waals surface area contributed by atoms with Crippen LogP contribution in [0.5, 0.6) is 0 Å². The molecule has 0 unspecified atom stereocenters. The molecule has 1 aliphatic heterocycles. The summed E-state index contributed by atoms with van der Waals surface area (Å²) >= 11 is 1.33. The van der Waals surface area contributed by atoms with Gasteiger partial charge < -0.3 is 4.90 Å². The summed E-state index contributed by atoms with van der Waals surface area (Å²) in [5.41, 5.74) is 1.09. The maximum absolute atomic E-state index is 13.5.